The van der Waals surface area contributed by atoms with Gasteiger partial charge in [0.15, 0.2) is 5.78 Å². The Labute approximate surface area is 76.2 Å². The van der Waals surface area contributed by atoms with Gasteiger partial charge in [-0.2, -0.15) is 0 Å². The first-order valence-electron chi connectivity index (χ1n) is 4.14. The number of carbonyl (C=O) groups is 1. The molecule has 0 bridgehead atoms. The fourth-order valence-corrected chi connectivity index (χ4v) is 0.848. The molecule has 4 heteroatoms. The predicted octanol–water partition coefficient (Wildman–Crippen LogP) is 0.468. The van der Waals surface area contributed by atoms with Crippen LogP contribution in [-0.2, 0) is 11.3 Å². The van der Waals surface area contributed by atoms with Crippen LogP contribution in [0.25, 0.3) is 0 Å². The van der Waals surface area contributed by atoms with Crippen LogP contribution < -0.4 is 5.56 Å². The molecule has 0 aliphatic heterocycles. The third-order valence-corrected chi connectivity index (χ3v) is 1.76. The molecule has 0 aliphatic carbocycles. The van der Waals surface area contributed by atoms with E-state index < -0.39 is 0 Å². The zero-order valence-corrected chi connectivity index (χ0v) is 7.73. The van der Waals surface area contributed by atoms with Crippen LogP contribution in [0.5, 0.6) is 0 Å². The van der Waals surface area contributed by atoms with Gasteiger partial charge >= 0.3 is 0 Å². The smallest absolute Gasteiger partial charge is 0.253 e. The van der Waals surface area contributed by atoms with Crippen molar-refractivity contribution in [3.05, 3.63) is 28.9 Å². The van der Waals surface area contributed by atoms with Crippen molar-refractivity contribution in [2.24, 2.45) is 5.92 Å². The second-order valence-corrected chi connectivity index (χ2v) is 3.17. The van der Waals surface area contributed by atoms with E-state index in [-0.39, 0.29) is 23.8 Å². The van der Waals surface area contributed by atoms with E-state index in [0.29, 0.717) is 0 Å². The summed E-state index contributed by atoms with van der Waals surface area (Å²) in [4.78, 5) is 26.2. The molecule has 1 aromatic rings. The zero-order chi connectivity index (χ0) is 9.84. The van der Waals surface area contributed by atoms with Gasteiger partial charge < -0.3 is 0 Å². The molecule has 0 radical (unpaired) electrons. The normalized spacial score (nSPS) is 10.4. The molecular weight excluding hydrogens is 168 g/mol. The van der Waals surface area contributed by atoms with Gasteiger partial charge in [0.1, 0.15) is 0 Å². The molecule has 70 valence electrons. The van der Waals surface area contributed by atoms with Crippen LogP contribution in [0, 0.1) is 5.92 Å². The van der Waals surface area contributed by atoms with Crippen molar-refractivity contribution in [1.82, 2.24) is 9.55 Å². The molecule has 1 heterocycles. The largest absolute Gasteiger partial charge is 0.297 e. The summed E-state index contributed by atoms with van der Waals surface area (Å²) < 4.78 is 1.31. The van der Waals surface area contributed by atoms with E-state index in [0.717, 1.165) is 0 Å². The van der Waals surface area contributed by atoms with Crippen molar-refractivity contribution in [2.75, 3.05) is 0 Å². The van der Waals surface area contributed by atoms with E-state index in [2.05, 4.69) is 4.98 Å². The van der Waals surface area contributed by atoms with Gasteiger partial charge in [0.25, 0.3) is 5.56 Å². The van der Waals surface area contributed by atoms with Crippen LogP contribution in [0.1, 0.15) is 13.8 Å². The topological polar surface area (TPSA) is 52.0 Å². The van der Waals surface area contributed by atoms with Crippen LogP contribution in [0.3, 0.4) is 0 Å². The average Bonchev–Trinajstić information content (AvgIpc) is 2.08. The molecule has 13 heavy (non-hydrogen) atoms. The Morgan fingerprint density at radius 2 is 2.31 bits per heavy atom. The third-order valence-electron chi connectivity index (χ3n) is 1.76. The average molecular weight is 180 g/mol. The lowest BCUT2D eigenvalue weighted by Crippen LogP contribution is -2.25. The maximum Gasteiger partial charge on any atom is 0.253 e. The van der Waals surface area contributed by atoms with Crippen LogP contribution in [0.4, 0.5) is 0 Å². The first-order chi connectivity index (χ1) is 6.11. The molecule has 0 unspecified atom stereocenters. The summed E-state index contributed by atoms with van der Waals surface area (Å²) in [7, 11) is 0. The highest BCUT2D eigenvalue weighted by atomic mass is 16.1. The highest BCUT2D eigenvalue weighted by Crippen LogP contribution is 1.95. The van der Waals surface area contributed by atoms with Gasteiger partial charge in [-0.25, -0.2) is 4.98 Å². The lowest BCUT2D eigenvalue weighted by atomic mass is 10.1. The summed E-state index contributed by atoms with van der Waals surface area (Å²) in [6.45, 7) is 3.73. The highest BCUT2D eigenvalue weighted by molar-refractivity contribution is 5.79. The maximum absolute atomic E-state index is 11.3. The van der Waals surface area contributed by atoms with Crippen molar-refractivity contribution in [3.8, 4) is 0 Å². The van der Waals surface area contributed by atoms with E-state index in [1.54, 1.807) is 0 Å². The second kappa shape index (κ2) is 3.98. The number of Topliss-reactive ketones (excluding diaryl/α,β-unsaturated/α-hetero) is 1. The summed E-state index contributed by atoms with van der Waals surface area (Å²) >= 11 is 0. The van der Waals surface area contributed by atoms with Gasteiger partial charge in [-0.15, -0.1) is 0 Å². The van der Waals surface area contributed by atoms with Crippen molar-refractivity contribution < 1.29 is 4.79 Å². The number of ketones is 1. The number of rotatable bonds is 3. The number of carbonyl (C=O) groups excluding carboxylic acids is 1. The Kier molecular flexibility index (Phi) is 2.95. The van der Waals surface area contributed by atoms with Gasteiger partial charge in [0.2, 0.25) is 0 Å². The monoisotopic (exact) mass is 180 g/mol. The molecular formula is C9H12N2O2. The maximum atomic E-state index is 11.3. The van der Waals surface area contributed by atoms with Crippen LogP contribution >= 0.6 is 0 Å². The lowest BCUT2D eigenvalue weighted by molar-refractivity contribution is -0.122. The number of nitrogens with zero attached hydrogens (tertiary/aromatic N) is 2. The van der Waals surface area contributed by atoms with Crippen molar-refractivity contribution >= 4 is 5.78 Å². The molecule has 0 fully saturated rings. The summed E-state index contributed by atoms with van der Waals surface area (Å²) in [6.07, 6.45) is 2.79. The molecule has 1 aromatic heterocycles. The number of aromatic nitrogens is 2. The molecule has 0 spiro atoms. The first kappa shape index (κ1) is 9.64. The van der Waals surface area contributed by atoms with Crippen molar-refractivity contribution in [1.29, 1.82) is 0 Å². The summed E-state index contributed by atoms with van der Waals surface area (Å²) in [5, 5.41) is 0. The Morgan fingerprint density at radius 3 is 2.85 bits per heavy atom. The fraction of sp³-hybridized carbons (Fsp3) is 0.444. The summed E-state index contributed by atoms with van der Waals surface area (Å²) in [5.41, 5.74) is -0.191. The SMILES string of the molecule is CC(C)C(=O)Cn1cnccc1=O. The van der Waals surface area contributed by atoms with Crippen molar-refractivity contribution in [3.63, 3.8) is 0 Å². The quantitative estimate of drug-likeness (QED) is 0.679. The summed E-state index contributed by atoms with van der Waals surface area (Å²) in [5.74, 6) is -0.0118. The Bertz CT molecular complexity index is 355. The number of hydrogen-bond acceptors (Lipinski definition) is 3. The van der Waals surface area contributed by atoms with Crippen molar-refractivity contribution in [2.45, 2.75) is 20.4 Å². The minimum absolute atomic E-state index is 0.0371. The molecule has 0 aliphatic rings. The van der Waals surface area contributed by atoms with E-state index in [9.17, 15) is 9.59 Å². The van der Waals surface area contributed by atoms with Crippen LogP contribution in [0.2, 0.25) is 0 Å². The van der Waals surface area contributed by atoms with E-state index in [1.165, 1.54) is 23.2 Å². The van der Waals surface area contributed by atoms with E-state index in [1.807, 2.05) is 13.8 Å². The van der Waals surface area contributed by atoms with E-state index >= 15 is 0 Å². The Morgan fingerprint density at radius 1 is 1.62 bits per heavy atom. The second-order valence-electron chi connectivity index (χ2n) is 3.17. The van der Waals surface area contributed by atoms with Crippen LogP contribution in [-0.4, -0.2) is 15.3 Å². The first-order valence-corrected chi connectivity index (χ1v) is 4.14. The van der Waals surface area contributed by atoms with Crippen LogP contribution in [0.15, 0.2) is 23.4 Å². The standard InChI is InChI=1S/C9H12N2O2/c1-7(2)8(12)5-11-6-10-4-3-9(11)13/h3-4,6-7H,5H2,1-2H3. The van der Waals surface area contributed by atoms with E-state index in [4.69, 9.17) is 0 Å². The molecule has 0 saturated heterocycles. The molecule has 1 rings (SSSR count). The molecule has 0 atom stereocenters. The molecule has 0 N–H and O–H groups in total. The molecule has 0 saturated carbocycles. The van der Waals surface area contributed by atoms with Gasteiger partial charge in [-0.1, -0.05) is 13.8 Å². The predicted molar refractivity (Wildman–Crippen MR) is 48.3 cm³/mol. The molecule has 4 nitrogen and oxygen atoms in total. The zero-order valence-electron chi connectivity index (χ0n) is 7.73. The Hall–Kier alpha value is -1.45. The number of hydrogen-bond donors (Lipinski definition) is 0. The lowest BCUT2D eigenvalue weighted by Gasteiger charge is -2.05. The summed E-state index contributed by atoms with van der Waals surface area (Å²) in [6, 6.07) is 1.34. The molecule has 0 aromatic carbocycles. The minimum atomic E-state index is -0.191. The third kappa shape index (κ3) is 2.50. The van der Waals surface area contributed by atoms with Gasteiger partial charge in [0.05, 0.1) is 12.9 Å². The van der Waals surface area contributed by atoms with Gasteiger partial charge in [-0.3, -0.25) is 14.2 Å². The Balaban J connectivity index is 2.81. The van der Waals surface area contributed by atoms with Gasteiger partial charge in [0, 0.05) is 18.2 Å². The van der Waals surface area contributed by atoms with Gasteiger partial charge in [-0.05, 0) is 0 Å². The fourth-order valence-electron chi connectivity index (χ4n) is 0.848. The molecule has 0 amide bonds. The minimum Gasteiger partial charge on any atom is -0.297 e. The highest BCUT2D eigenvalue weighted by Gasteiger charge is 2.08.